The van der Waals surface area contributed by atoms with Crippen molar-refractivity contribution in [1.82, 2.24) is 122 Å². The maximum atomic E-state index is 11.6. The minimum atomic E-state index is -3.15. The van der Waals surface area contributed by atoms with Gasteiger partial charge in [-0.25, -0.2) is 13.4 Å². The number of halogens is 6. The fourth-order valence-electron chi connectivity index (χ4n) is 18.8. The molecule has 13 aliphatic heterocycles. The predicted molar refractivity (Wildman–Crippen MR) is 625 cm³/mol. The Morgan fingerprint density at radius 3 is 1.00 bits per heavy atom. The van der Waals surface area contributed by atoms with Crippen molar-refractivity contribution in [3.05, 3.63) is 187 Å². The zero-order valence-electron chi connectivity index (χ0n) is 83.0. The summed E-state index contributed by atoms with van der Waals surface area (Å²) in [5.41, 5.74) is 34.2. The number of piperazine rings is 6. The highest BCUT2D eigenvalue weighted by Gasteiger charge is 2.34. The van der Waals surface area contributed by atoms with E-state index in [9.17, 15) is 8.42 Å². The first-order chi connectivity index (χ1) is 72.2. The molecule has 8 aromatic rings. The number of hydrogen-bond acceptors (Lipinski definition) is 33. The number of pyridine rings is 8. The van der Waals surface area contributed by atoms with Gasteiger partial charge in [0.15, 0.2) is 30.7 Å². The van der Waals surface area contributed by atoms with Crippen molar-refractivity contribution in [3.8, 4) is 0 Å². The van der Waals surface area contributed by atoms with Crippen LogP contribution in [0.5, 0.6) is 0 Å². The molecule has 4 atom stereocenters. The third-order valence-electron chi connectivity index (χ3n) is 26.5. The second-order valence-corrected chi connectivity index (χ2v) is 43.6. The molecule has 0 amide bonds. The predicted octanol–water partition coefficient (Wildman–Crippen LogP) is 10.9. The van der Waals surface area contributed by atoms with Crippen LogP contribution in [-0.2, 0) is 10.0 Å². The van der Waals surface area contributed by atoms with Crippen LogP contribution >= 0.6 is 143 Å². The Labute approximate surface area is 930 Å². The molecular weight excluding hydrogens is 2150 g/mol. The van der Waals surface area contributed by atoms with E-state index in [2.05, 4.69) is 206 Å². The molecule has 2 unspecified atom stereocenters. The fraction of sp³-hybridized carbons (Fsp3) is 0.458. The van der Waals surface area contributed by atoms with E-state index in [0.29, 0.717) is 118 Å². The molecule has 0 spiro atoms. The van der Waals surface area contributed by atoms with Crippen LogP contribution in [0.2, 0.25) is 30.1 Å². The quantitative estimate of drug-likeness (QED) is 0.0471. The summed E-state index contributed by atoms with van der Waals surface area (Å²) in [5.74, 6) is 1.01. The molecule has 792 valence electrons. The van der Waals surface area contributed by atoms with Gasteiger partial charge in [0.05, 0.1) is 105 Å². The minimum Gasteiger partial charge on any atom is -0.382 e. The largest absolute Gasteiger partial charge is 0.382 e. The zero-order valence-corrected chi connectivity index (χ0v) is 93.2. The number of hydrogen-bond donors (Lipinski definition) is 14. The number of sulfonamides is 1. The topological polar surface area (TPSA) is 412 Å². The number of nitrogens with zero attached hydrogens (tertiary/aromatic N) is 24. The van der Waals surface area contributed by atoms with Gasteiger partial charge >= 0.3 is 0 Å². The van der Waals surface area contributed by atoms with Gasteiger partial charge in [-0.2, -0.15) is 34.9 Å². The molecule has 0 aliphatic carbocycles. The van der Waals surface area contributed by atoms with Crippen LogP contribution in [0.1, 0.15) is 113 Å². The van der Waals surface area contributed by atoms with Gasteiger partial charge < -0.3 is 81.7 Å². The molecule has 0 bridgehead atoms. The SMILES string of the molecule is CC1CN(C(=S)N/N=C2/CCNc3c(Cl)ccnc32)CCN1.CS(=O)(=O)N1CCN(C(=S)N/N=C2/CCNc3c(Cl)ccnc32)CC1.C[C@@H]1CN(C(=S)N/N=C2/CCNc3c(Cl)ccnc32)C[C@H](C)N1.S=C(N/N=C1/CCNc2c(Cl)ccnc21)N1CCN(c2ccccn2)CC1.S=C(N/N=C1/CCNc2c(Cl)ccnc21)N1CCN(c2ccncc2)CC1.S=C(N/N=C1/CCNc2c(Cl)ccnc21)N1CCN2CCCCC2C1. The van der Waals surface area contributed by atoms with Crippen molar-refractivity contribution in [2.75, 3.05) is 225 Å². The molecule has 14 N–H and O–H groups in total. The Hall–Kier alpha value is -10.7. The second-order valence-electron chi connectivity index (χ2n) is 36.8. The average molecular weight is 2280 g/mol. The molecule has 0 aromatic carbocycles. The summed E-state index contributed by atoms with van der Waals surface area (Å²) >= 11 is 70.2. The summed E-state index contributed by atoms with van der Waals surface area (Å²) in [6.45, 7) is 28.7. The lowest BCUT2D eigenvalue weighted by atomic mass is 10.00. The molecule has 0 saturated carbocycles. The molecule has 7 saturated heterocycles. The minimum absolute atomic E-state index is 0.409. The van der Waals surface area contributed by atoms with E-state index in [4.69, 9.17) is 143 Å². The van der Waals surface area contributed by atoms with E-state index in [-0.39, 0.29) is 0 Å². The van der Waals surface area contributed by atoms with Crippen molar-refractivity contribution in [2.24, 2.45) is 30.6 Å². The molecule has 7 fully saturated rings. The molecule has 53 heteroatoms. The first-order valence-electron chi connectivity index (χ1n) is 49.7. The Balaban J connectivity index is 0.000000128. The standard InChI is InChI=1S/2C18H20ClN7S.C17H23ClN6S.C15H21ClN6S.C14H19ClN6O2S2.C14H19ClN6S/c19-14-3-7-22-17-15(4-8-21-16(14)17)23-24-18(27)26-11-9-25(10-12-26)13-1-5-20-6-2-13;19-13-4-7-22-17-14(5-8-21-16(13)17)23-24-18(27)26-11-9-25(10-12-26)15-3-1-2-6-20-15;18-13-4-6-20-16-14(5-7-19-15(13)16)21-22-17(25)24-10-9-23-8-2-1-3-12(23)11-24;1-9-7-22(8-10(2)19-9)15(23)21-20-12-4-6-17-13-11(16)3-5-18-14(12)13;1-25(22,23)21-8-6-20(7-9-21)14(24)19-18-11-3-5-16-12-10(15)2-4-17-13(11)12;1-9-8-21(7-6-16-9)14(22)20-19-11-3-5-17-12-10(15)2-4-18-13(11)12/h1-3,5-7,21H,4,8-12H2,(H,24,27);1-4,6-7,21H,5,8-12H2,(H,24,27);4,6,12,19H,1-3,5,7-11H2,(H,22,25);3,5,9-10,17,19H,4,6-8H2,1-2H3,(H,21,23);2,4,16H,3,5-9H2,1H3,(H,19,24);2,4,9,16-17H,3,5-8H2,1H3,(H,20,22)/b23-15-;23-14-;21-14-;20-12-;18-11-;19-11-/t;;;9-,10+;;. The fourth-order valence-corrected chi connectivity index (χ4v) is 22.2. The third kappa shape index (κ3) is 30.0. The Morgan fingerprint density at radius 2 is 0.658 bits per heavy atom. The maximum absolute atomic E-state index is 11.6. The maximum Gasteiger partial charge on any atom is 0.211 e. The lowest BCUT2D eigenvalue weighted by Crippen LogP contribution is -2.57. The zero-order chi connectivity index (χ0) is 104. The molecule has 21 heterocycles. The molecule has 0 radical (unpaired) electrons. The van der Waals surface area contributed by atoms with Gasteiger partial charge in [0.1, 0.15) is 40.0 Å². The van der Waals surface area contributed by atoms with E-state index >= 15 is 0 Å². The van der Waals surface area contributed by atoms with Crippen LogP contribution < -0.4 is 84.9 Å². The summed E-state index contributed by atoms with van der Waals surface area (Å²) < 4.78 is 24.6. The Kier molecular flexibility index (Phi) is 40.2. The molecular formula is C96H122Cl6N38O2S7. The number of hydrazone groups is 6. The first-order valence-corrected chi connectivity index (χ1v) is 56.3. The van der Waals surface area contributed by atoms with E-state index in [1.165, 1.54) is 42.1 Å². The van der Waals surface area contributed by atoms with Gasteiger partial charge in [-0.05, 0) is 174 Å². The van der Waals surface area contributed by atoms with Gasteiger partial charge in [-0.1, -0.05) is 82.1 Å². The number of anilines is 8. The average Bonchev–Trinajstić information content (AvgIpc) is 0.816. The lowest BCUT2D eigenvalue weighted by molar-refractivity contribution is 0.0799. The summed E-state index contributed by atoms with van der Waals surface area (Å²) in [6, 6.07) is 22.5. The van der Waals surface area contributed by atoms with Crippen LogP contribution in [0.25, 0.3) is 0 Å². The molecule has 40 nitrogen and oxygen atoms in total. The van der Waals surface area contributed by atoms with Crippen LogP contribution in [0, 0.1) is 0 Å². The van der Waals surface area contributed by atoms with E-state index < -0.39 is 10.0 Å². The molecule has 149 heavy (non-hydrogen) atoms. The number of aromatic nitrogens is 8. The van der Waals surface area contributed by atoms with Crippen molar-refractivity contribution in [2.45, 2.75) is 103 Å². The first kappa shape index (κ1) is 111. The van der Waals surface area contributed by atoms with Crippen LogP contribution in [0.3, 0.4) is 0 Å². The van der Waals surface area contributed by atoms with Crippen molar-refractivity contribution < 1.29 is 8.42 Å². The highest BCUT2D eigenvalue weighted by Crippen LogP contribution is 2.36. The second kappa shape index (κ2) is 54.0. The third-order valence-corrected chi connectivity index (χ3v) is 31.8. The van der Waals surface area contributed by atoms with Gasteiger partial charge in [0.2, 0.25) is 10.0 Å². The normalized spacial score (nSPS) is 21.5. The lowest BCUT2D eigenvalue weighted by Gasteiger charge is -2.44. The smallest absolute Gasteiger partial charge is 0.211 e. The monoisotopic (exact) mass is 2270 g/mol. The number of rotatable bonds is 9. The van der Waals surface area contributed by atoms with E-state index in [1.807, 2.05) is 53.8 Å². The molecule has 8 aromatic heterocycles. The van der Waals surface area contributed by atoms with Crippen LogP contribution in [-0.4, -0.2) is 359 Å². The van der Waals surface area contributed by atoms with Crippen LogP contribution in [0.4, 0.5) is 45.6 Å². The summed E-state index contributed by atoms with van der Waals surface area (Å²) in [4.78, 5) is 54.8. The summed E-state index contributed by atoms with van der Waals surface area (Å²) in [5, 5.41) is 61.1. The molecule has 21 rings (SSSR count). The summed E-state index contributed by atoms with van der Waals surface area (Å²) in [6.07, 6.45) is 25.4. The highest BCUT2D eigenvalue weighted by atomic mass is 35.5. The van der Waals surface area contributed by atoms with Gasteiger partial charge in [0, 0.05) is 294 Å². The van der Waals surface area contributed by atoms with Gasteiger partial charge in [-0.3, -0.25) is 72.3 Å². The van der Waals surface area contributed by atoms with Crippen LogP contribution in [0.15, 0.2) is 153 Å². The highest BCUT2D eigenvalue weighted by molar-refractivity contribution is 7.88. The molecule has 13 aliphatic rings. The number of nitrogens with one attached hydrogen (secondary N) is 14. The van der Waals surface area contributed by atoms with Crippen molar-refractivity contribution in [3.63, 3.8) is 0 Å². The van der Waals surface area contributed by atoms with E-state index in [1.54, 1.807) is 73.6 Å². The number of piperidine rings is 1. The van der Waals surface area contributed by atoms with E-state index in [0.717, 1.165) is 284 Å². The van der Waals surface area contributed by atoms with Gasteiger partial charge in [-0.15, -0.1) is 0 Å². The Morgan fingerprint density at radius 1 is 0.336 bits per heavy atom. The van der Waals surface area contributed by atoms with Crippen molar-refractivity contribution in [1.29, 1.82) is 0 Å². The summed E-state index contributed by atoms with van der Waals surface area (Å²) in [7, 11) is -3.15. The number of thiocarbonyl (C=S) groups is 6. The number of fused-ring (bicyclic) bond motifs is 7. The van der Waals surface area contributed by atoms with Crippen molar-refractivity contribution >= 4 is 264 Å². The Bertz CT molecular complexity index is 6230. The van der Waals surface area contributed by atoms with Gasteiger partial charge in [0.25, 0.3) is 0 Å².